The molecule has 0 heterocycles. The molecule has 1 unspecified atom stereocenters. The van der Waals surface area contributed by atoms with Crippen LogP contribution in [0.3, 0.4) is 0 Å². The first-order valence-corrected chi connectivity index (χ1v) is 6.02. The third kappa shape index (κ3) is 8.37. The largest absolute Gasteiger partial charge is 0.481 e. The van der Waals surface area contributed by atoms with Gasteiger partial charge in [-0.15, -0.1) is 0 Å². The fourth-order valence-corrected chi connectivity index (χ4v) is 1.44. The lowest BCUT2D eigenvalue weighted by molar-refractivity contribution is -0.137. The van der Waals surface area contributed by atoms with E-state index in [1.807, 2.05) is 6.92 Å². The minimum absolute atomic E-state index is 0.119. The van der Waals surface area contributed by atoms with E-state index in [4.69, 9.17) is 5.11 Å². The minimum atomic E-state index is -0.961. The summed E-state index contributed by atoms with van der Waals surface area (Å²) in [6.45, 7) is 4.07. The third-order valence-corrected chi connectivity index (χ3v) is 2.18. The molecule has 0 aliphatic rings. The number of carbonyl (C=O) groups is 3. The Kier molecular flexibility index (Phi) is 8.34. The van der Waals surface area contributed by atoms with Crippen LogP contribution in [0.2, 0.25) is 0 Å². The molecule has 0 aliphatic heterocycles. The molecule has 0 saturated heterocycles. The van der Waals surface area contributed by atoms with Crippen molar-refractivity contribution in [2.24, 2.45) is 0 Å². The van der Waals surface area contributed by atoms with Gasteiger partial charge in [-0.05, 0) is 13.3 Å². The number of hydrogen-bond acceptors (Lipinski definition) is 3. The number of carboxylic acids is 1. The fourth-order valence-electron chi connectivity index (χ4n) is 1.44. The Labute approximate surface area is 106 Å². The summed E-state index contributed by atoms with van der Waals surface area (Å²) < 4.78 is 0. The van der Waals surface area contributed by atoms with Crippen LogP contribution in [0.15, 0.2) is 0 Å². The zero-order chi connectivity index (χ0) is 14.0. The van der Waals surface area contributed by atoms with E-state index in [-0.39, 0.29) is 18.9 Å². The van der Waals surface area contributed by atoms with Crippen LogP contribution in [0.1, 0.15) is 33.1 Å². The Morgan fingerprint density at radius 3 is 2.33 bits per heavy atom. The van der Waals surface area contributed by atoms with Crippen LogP contribution in [0, 0.1) is 0 Å². The van der Waals surface area contributed by atoms with Crippen molar-refractivity contribution in [2.45, 2.75) is 39.2 Å². The lowest BCUT2D eigenvalue weighted by Crippen LogP contribution is -2.46. The van der Waals surface area contributed by atoms with Gasteiger partial charge in [0.05, 0.1) is 13.0 Å². The van der Waals surface area contributed by atoms with E-state index in [0.717, 1.165) is 6.42 Å². The first-order chi connectivity index (χ1) is 8.49. The summed E-state index contributed by atoms with van der Waals surface area (Å²) in [5.41, 5.74) is 0. The van der Waals surface area contributed by atoms with Crippen molar-refractivity contribution in [3.05, 3.63) is 0 Å². The molecular weight excluding hydrogens is 238 g/mol. The van der Waals surface area contributed by atoms with Gasteiger partial charge >= 0.3 is 12.0 Å². The third-order valence-electron chi connectivity index (χ3n) is 2.18. The topological polar surface area (TPSA) is 108 Å². The summed E-state index contributed by atoms with van der Waals surface area (Å²) in [6.07, 6.45) is 1.23. The van der Waals surface area contributed by atoms with Crippen molar-refractivity contribution in [3.8, 4) is 0 Å². The molecule has 0 saturated carbocycles. The maximum absolute atomic E-state index is 11.4. The number of amides is 3. The van der Waals surface area contributed by atoms with Crippen molar-refractivity contribution < 1.29 is 19.5 Å². The van der Waals surface area contributed by atoms with Crippen molar-refractivity contribution in [1.29, 1.82) is 0 Å². The van der Waals surface area contributed by atoms with Crippen LogP contribution in [0.5, 0.6) is 0 Å². The predicted octanol–water partition coefficient (Wildman–Crippen LogP) is 0.0651. The quantitative estimate of drug-likeness (QED) is 0.494. The SMILES string of the molecule is CCCC(CC(=O)O)NC(=O)NCC(=O)NCC. The first kappa shape index (κ1) is 16.2. The van der Waals surface area contributed by atoms with E-state index in [0.29, 0.717) is 13.0 Å². The molecule has 0 aromatic carbocycles. The maximum atomic E-state index is 11.4. The lowest BCUT2D eigenvalue weighted by atomic mass is 10.1. The van der Waals surface area contributed by atoms with E-state index in [9.17, 15) is 14.4 Å². The van der Waals surface area contributed by atoms with Crippen molar-refractivity contribution >= 4 is 17.9 Å². The lowest BCUT2D eigenvalue weighted by Gasteiger charge is -2.16. The highest BCUT2D eigenvalue weighted by Crippen LogP contribution is 2.01. The molecule has 0 rings (SSSR count). The molecule has 7 heteroatoms. The van der Waals surface area contributed by atoms with E-state index in [1.54, 1.807) is 6.92 Å². The van der Waals surface area contributed by atoms with Crippen molar-refractivity contribution in [2.75, 3.05) is 13.1 Å². The van der Waals surface area contributed by atoms with Gasteiger partial charge in [0, 0.05) is 12.6 Å². The number of nitrogens with one attached hydrogen (secondary N) is 3. The minimum Gasteiger partial charge on any atom is -0.481 e. The summed E-state index contributed by atoms with van der Waals surface area (Å²) in [4.78, 5) is 33.1. The predicted molar refractivity (Wildman–Crippen MR) is 66.2 cm³/mol. The molecule has 0 radical (unpaired) electrons. The summed E-state index contributed by atoms with van der Waals surface area (Å²) in [5.74, 6) is -1.24. The van der Waals surface area contributed by atoms with Gasteiger partial charge in [-0.3, -0.25) is 9.59 Å². The van der Waals surface area contributed by atoms with Crippen LogP contribution in [-0.2, 0) is 9.59 Å². The zero-order valence-electron chi connectivity index (χ0n) is 10.8. The fraction of sp³-hybridized carbons (Fsp3) is 0.727. The van der Waals surface area contributed by atoms with E-state index >= 15 is 0 Å². The Hall–Kier alpha value is -1.79. The van der Waals surface area contributed by atoms with Gasteiger partial charge < -0.3 is 21.1 Å². The first-order valence-electron chi connectivity index (χ1n) is 6.02. The van der Waals surface area contributed by atoms with E-state index < -0.39 is 18.0 Å². The van der Waals surface area contributed by atoms with E-state index in [2.05, 4.69) is 16.0 Å². The Bertz CT molecular complexity index is 294. The standard InChI is InChI=1S/C11H21N3O4/c1-3-5-8(6-10(16)17)14-11(18)13-7-9(15)12-4-2/h8H,3-7H2,1-2H3,(H,12,15)(H,16,17)(H2,13,14,18). The Morgan fingerprint density at radius 1 is 1.17 bits per heavy atom. The van der Waals surface area contributed by atoms with Gasteiger partial charge in [-0.1, -0.05) is 13.3 Å². The molecule has 1 atom stereocenters. The summed E-state index contributed by atoms with van der Waals surface area (Å²) >= 11 is 0. The van der Waals surface area contributed by atoms with Crippen LogP contribution in [0.4, 0.5) is 4.79 Å². The average Bonchev–Trinajstić information content (AvgIpc) is 2.26. The molecule has 7 nitrogen and oxygen atoms in total. The highest BCUT2D eigenvalue weighted by Gasteiger charge is 2.15. The number of rotatable bonds is 8. The highest BCUT2D eigenvalue weighted by atomic mass is 16.4. The zero-order valence-corrected chi connectivity index (χ0v) is 10.8. The van der Waals surface area contributed by atoms with Gasteiger partial charge in [0.25, 0.3) is 0 Å². The smallest absolute Gasteiger partial charge is 0.315 e. The number of carbonyl (C=O) groups excluding carboxylic acids is 2. The highest BCUT2D eigenvalue weighted by molar-refractivity contribution is 5.84. The summed E-state index contributed by atoms with van der Waals surface area (Å²) in [6, 6.07) is -0.942. The molecule has 4 N–H and O–H groups in total. The number of hydrogen-bond donors (Lipinski definition) is 4. The number of carboxylic acid groups (broad SMARTS) is 1. The van der Waals surface area contributed by atoms with Crippen molar-refractivity contribution in [3.63, 3.8) is 0 Å². The van der Waals surface area contributed by atoms with Gasteiger partial charge in [0.15, 0.2) is 0 Å². The maximum Gasteiger partial charge on any atom is 0.315 e. The molecule has 104 valence electrons. The van der Waals surface area contributed by atoms with Gasteiger partial charge in [0.1, 0.15) is 0 Å². The second kappa shape index (κ2) is 9.26. The van der Waals surface area contributed by atoms with Crippen LogP contribution >= 0.6 is 0 Å². The molecule has 0 bridgehead atoms. The number of urea groups is 1. The molecule has 18 heavy (non-hydrogen) atoms. The second-order valence-corrected chi connectivity index (χ2v) is 3.86. The second-order valence-electron chi connectivity index (χ2n) is 3.86. The molecule has 3 amide bonds. The molecule has 0 fully saturated rings. The molecular formula is C11H21N3O4. The summed E-state index contributed by atoms with van der Waals surface area (Å²) in [7, 11) is 0. The van der Waals surface area contributed by atoms with Crippen LogP contribution in [0.25, 0.3) is 0 Å². The number of likely N-dealkylation sites (N-methyl/N-ethyl adjacent to an activating group) is 1. The van der Waals surface area contributed by atoms with Crippen molar-refractivity contribution in [1.82, 2.24) is 16.0 Å². The molecule has 0 aliphatic carbocycles. The molecule has 0 aromatic rings. The van der Waals surface area contributed by atoms with Gasteiger partial charge in [0.2, 0.25) is 5.91 Å². The summed E-state index contributed by atoms with van der Waals surface area (Å²) in [5, 5.41) is 16.1. The Morgan fingerprint density at radius 2 is 1.83 bits per heavy atom. The Balaban J connectivity index is 4.01. The molecule has 0 aromatic heterocycles. The van der Waals surface area contributed by atoms with Crippen LogP contribution < -0.4 is 16.0 Å². The van der Waals surface area contributed by atoms with Gasteiger partial charge in [-0.25, -0.2) is 4.79 Å². The number of aliphatic carboxylic acids is 1. The monoisotopic (exact) mass is 259 g/mol. The normalized spacial score (nSPS) is 11.4. The van der Waals surface area contributed by atoms with Crippen LogP contribution in [-0.4, -0.2) is 42.1 Å². The molecule has 0 spiro atoms. The van der Waals surface area contributed by atoms with Gasteiger partial charge in [-0.2, -0.15) is 0 Å². The average molecular weight is 259 g/mol. The van der Waals surface area contributed by atoms with E-state index in [1.165, 1.54) is 0 Å².